The Bertz CT molecular complexity index is 586. The second kappa shape index (κ2) is 5.88. The number of amides is 1. The Morgan fingerprint density at radius 1 is 1.40 bits per heavy atom. The molecule has 1 N–H and O–H groups in total. The smallest absolute Gasteiger partial charge is 0.243 e. The zero-order valence-electron chi connectivity index (χ0n) is 11.2. The summed E-state index contributed by atoms with van der Waals surface area (Å²) >= 11 is 0. The molecule has 0 aliphatic carbocycles. The lowest BCUT2D eigenvalue weighted by Gasteiger charge is -2.17. The van der Waals surface area contributed by atoms with Gasteiger partial charge in [0.1, 0.15) is 5.82 Å². The third kappa shape index (κ3) is 3.16. The van der Waals surface area contributed by atoms with Crippen molar-refractivity contribution in [3.8, 4) is 0 Å². The van der Waals surface area contributed by atoms with Gasteiger partial charge in [-0.05, 0) is 30.7 Å². The Kier molecular flexibility index (Phi) is 4.39. The van der Waals surface area contributed by atoms with E-state index in [1.807, 2.05) is 0 Å². The zero-order valence-corrected chi connectivity index (χ0v) is 12.0. The van der Waals surface area contributed by atoms with Crippen molar-refractivity contribution < 1.29 is 17.6 Å². The van der Waals surface area contributed by atoms with Crippen molar-refractivity contribution in [3.63, 3.8) is 0 Å². The van der Waals surface area contributed by atoms with Crippen molar-refractivity contribution in [1.29, 1.82) is 0 Å². The average molecular weight is 300 g/mol. The average Bonchev–Trinajstić information content (AvgIpc) is 2.88. The van der Waals surface area contributed by atoms with Crippen LogP contribution in [0.25, 0.3) is 0 Å². The number of benzene rings is 1. The number of halogens is 1. The number of rotatable bonds is 4. The van der Waals surface area contributed by atoms with Gasteiger partial charge in [0.2, 0.25) is 15.9 Å². The Morgan fingerprint density at radius 2 is 2.05 bits per heavy atom. The van der Waals surface area contributed by atoms with Gasteiger partial charge in [-0.2, -0.15) is 4.31 Å². The lowest BCUT2D eigenvalue weighted by molar-refractivity contribution is -0.121. The lowest BCUT2D eigenvalue weighted by Crippen LogP contribution is -2.38. The van der Waals surface area contributed by atoms with Gasteiger partial charge in [0.05, 0.1) is 4.90 Å². The molecule has 0 spiro atoms. The van der Waals surface area contributed by atoms with E-state index in [0.29, 0.717) is 19.4 Å². The van der Waals surface area contributed by atoms with Crippen molar-refractivity contribution in [3.05, 3.63) is 30.1 Å². The van der Waals surface area contributed by atoms with E-state index in [4.69, 9.17) is 0 Å². The molecule has 1 aliphatic heterocycles. The molecule has 0 radical (unpaired) electrons. The molecule has 1 amide bonds. The first-order valence-corrected chi connectivity index (χ1v) is 7.92. The van der Waals surface area contributed by atoms with Crippen LogP contribution in [0, 0.1) is 5.82 Å². The van der Waals surface area contributed by atoms with E-state index in [0.717, 1.165) is 12.1 Å². The van der Waals surface area contributed by atoms with Gasteiger partial charge in [-0.25, -0.2) is 12.8 Å². The fourth-order valence-electron chi connectivity index (χ4n) is 2.15. The first-order valence-electron chi connectivity index (χ1n) is 6.48. The Labute approximate surface area is 117 Å². The SMILES string of the molecule is CCC(=O)N[C@@H]1CCN(S(=O)(=O)c2ccc(F)cc2)C1. The van der Waals surface area contributed by atoms with Crippen LogP contribution in [0.3, 0.4) is 0 Å². The van der Waals surface area contributed by atoms with Crippen LogP contribution in [0.5, 0.6) is 0 Å². The Morgan fingerprint density at radius 3 is 2.65 bits per heavy atom. The molecule has 5 nitrogen and oxygen atoms in total. The van der Waals surface area contributed by atoms with Gasteiger partial charge in [-0.15, -0.1) is 0 Å². The summed E-state index contributed by atoms with van der Waals surface area (Å²) in [4.78, 5) is 11.4. The number of carbonyl (C=O) groups excluding carboxylic acids is 1. The van der Waals surface area contributed by atoms with Crippen molar-refractivity contribution in [1.82, 2.24) is 9.62 Å². The van der Waals surface area contributed by atoms with Crippen LogP contribution in [-0.4, -0.2) is 37.8 Å². The third-order valence-corrected chi connectivity index (χ3v) is 5.17. The van der Waals surface area contributed by atoms with E-state index >= 15 is 0 Å². The number of carbonyl (C=O) groups is 1. The molecule has 20 heavy (non-hydrogen) atoms. The van der Waals surface area contributed by atoms with Crippen LogP contribution in [-0.2, 0) is 14.8 Å². The highest BCUT2D eigenvalue weighted by Gasteiger charge is 2.32. The first kappa shape index (κ1) is 14.9. The summed E-state index contributed by atoms with van der Waals surface area (Å²) in [5.41, 5.74) is 0. The minimum atomic E-state index is -3.62. The standard InChI is InChI=1S/C13H17FN2O3S/c1-2-13(17)15-11-7-8-16(9-11)20(18,19)12-5-3-10(14)4-6-12/h3-6,11H,2,7-9H2,1H3,(H,15,17)/t11-/m1/s1. The molecular formula is C13H17FN2O3S. The topological polar surface area (TPSA) is 66.5 Å². The molecule has 1 aromatic carbocycles. The van der Waals surface area contributed by atoms with E-state index < -0.39 is 15.8 Å². The normalized spacial score (nSPS) is 20.0. The van der Waals surface area contributed by atoms with E-state index in [2.05, 4.69) is 5.32 Å². The molecule has 7 heteroatoms. The van der Waals surface area contributed by atoms with Gasteiger partial charge < -0.3 is 5.32 Å². The summed E-state index contributed by atoms with van der Waals surface area (Å²) < 4.78 is 38.8. The molecule has 1 aromatic rings. The highest BCUT2D eigenvalue weighted by molar-refractivity contribution is 7.89. The second-order valence-corrected chi connectivity index (χ2v) is 6.66. The fraction of sp³-hybridized carbons (Fsp3) is 0.462. The molecule has 1 heterocycles. The van der Waals surface area contributed by atoms with Crippen LogP contribution in [0.4, 0.5) is 4.39 Å². The van der Waals surface area contributed by atoms with Crippen molar-refractivity contribution in [2.45, 2.75) is 30.7 Å². The molecule has 1 saturated heterocycles. The van der Waals surface area contributed by atoms with Gasteiger partial charge in [0, 0.05) is 25.6 Å². The highest BCUT2D eigenvalue weighted by atomic mass is 32.2. The van der Waals surface area contributed by atoms with Crippen molar-refractivity contribution >= 4 is 15.9 Å². The largest absolute Gasteiger partial charge is 0.352 e. The van der Waals surface area contributed by atoms with Crippen molar-refractivity contribution in [2.75, 3.05) is 13.1 Å². The third-order valence-electron chi connectivity index (χ3n) is 3.29. The molecule has 1 fully saturated rings. The van der Waals surface area contributed by atoms with Gasteiger partial charge in [0.25, 0.3) is 0 Å². The number of hydrogen-bond acceptors (Lipinski definition) is 3. The maximum atomic E-state index is 12.8. The van der Waals surface area contributed by atoms with Gasteiger partial charge in [0.15, 0.2) is 0 Å². The molecular weight excluding hydrogens is 283 g/mol. The quantitative estimate of drug-likeness (QED) is 0.906. The van der Waals surface area contributed by atoms with Gasteiger partial charge >= 0.3 is 0 Å². The molecule has 1 aliphatic rings. The Balaban J connectivity index is 2.08. The molecule has 110 valence electrons. The monoisotopic (exact) mass is 300 g/mol. The number of nitrogens with one attached hydrogen (secondary N) is 1. The van der Waals surface area contributed by atoms with Crippen LogP contribution in [0.15, 0.2) is 29.2 Å². The number of nitrogens with zero attached hydrogens (tertiary/aromatic N) is 1. The van der Waals surface area contributed by atoms with Crippen LogP contribution >= 0.6 is 0 Å². The molecule has 0 aromatic heterocycles. The molecule has 0 unspecified atom stereocenters. The summed E-state index contributed by atoms with van der Waals surface area (Å²) in [6.07, 6.45) is 0.966. The van der Waals surface area contributed by atoms with E-state index in [-0.39, 0.29) is 23.4 Å². The zero-order chi connectivity index (χ0) is 14.8. The summed E-state index contributed by atoms with van der Waals surface area (Å²) in [5, 5.41) is 2.79. The number of sulfonamides is 1. The summed E-state index contributed by atoms with van der Waals surface area (Å²) in [6.45, 7) is 2.36. The van der Waals surface area contributed by atoms with Crippen LogP contribution < -0.4 is 5.32 Å². The lowest BCUT2D eigenvalue weighted by atomic mass is 10.2. The maximum Gasteiger partial charge on any atom is 0.243 e. The maximum absolute atomic E-state index is 12.8. The predicted molar refractivity (Wildman–Crippen MR) is 72.0 cm³/mol. The fourth-order valence-corrected chi connectivity index (χ4v) is 3.65. The molecule has 0 bridgehead atoms. The molecule has 2 rings (SSSR count). The minimum Gasteiger partial charge on any atom is -0.352 e. The predicted octanol–water partition coefficient (Wildman–Crippen LogP) is 1.11. The van der Waals surface area contributed by atoms with Gasteiger partial charge in [-0.3, -0.25) is 4.79 Å². The number of hydrogen-bond donors (Lipinski definition) is 1. The van der Waals surface area contributed by atoms with E-state index in [1.165, 1.54) is 16.4 Å². The van der Waals surface area contributed by atoms with E-state index in [1.54, 1.807) is 6.92 Å². The van der Waals surface area contributed by atoms with Crippen molar-refractivity contribution in [2.24, 2.45) is 0 Å². The van der Waals surface area contributed by atoms with Gasteiger partial charge in [-0.1, -0.05) is 6.92 Å². The summed E-state index contributed by atoms with van der Waals surface area (Å²) in [6, 6.07) is 4.60. The highest BCUT2D eigenvalue weighted by Crippen LogP contribution is 2.21. The molecule has 1 atom stereocenters. The molecule has 0 saturated carbocycles. The Hall–Kier alpha value is -1.47. The van der Waals surface area contributed by atoms with Crippen LogP contribution in [0.1, 0.15) is 19.8 Å². The summed E-state index contributed by atoms with van der Waals surface area (Å²) in [5.74, 6) is -0.561. The second-order valence-electron chi connectivity index (χ2n) is 4.72. The van der Waals surface area contributed by atoms with E-state index in [9.17, 15) is 17.6 Å². The van der Waals surface area contributed by atoms with Crippen LogP contribution in [0.2, 0.25) is 0 Å². The first-order chi connectivity index (χ1) is 9.43. The minimum absolute atomic E-state index is 0.0707. The summed E-state index contributed by atoms with van der Waals surface area (Å²) in [7, 11) is -3.62.